The molecule has 8 heteroatoms. The van der Waals surface area contributed by atoms with Gasteiger partial charge < -0.3 is 14.4 Å². The zero-order valence-electron chi connectivity index (χ0n) is 23.9. The van der Waals surface area contributed by atoms with Gasteiger partial charge >= 0.3 is 5.97 Å². The van der Waals surface area contributed by atoms with E-state index in [1.807, 2.05) is 30.3 Å². The molecule has 3 aromatic carbocycles. The average Bonchev–Trinajstić information content (AvgIpc) is 2.96. The number of nitrogens with zero attached hydrogens (tertiary/aromatic N) is 1. The number of ketones is 2. The fourth-order valence-electron chi connectivity index (χ4n) is 4.37. The van der Waals surface area contributed by atoms with Gasteiger partial charge in [-0.1, -0.05) is 54.1 Å². The molecule has 1 N–H and O–H groups in total. The first kappa shape index (κ1) is 23.6. The average molecular weight is 547 g/mol. The van der Waals surface area contributed by atoms with E-state index in [2.05, 4.69) is 0 Å². The van der Waals surface area contributed by atoms with Crippen molar-refractivity contribution in [3.8, 4) is 16.9 Å². The Bertz CT molecular complexity index is 1700. The molecule has 0 bridgehead atoms. The van der Waals surface area contributed by atoms with Crippen LogP contribution >= 0.6 is 11.6 Å². The van der Waals surface area contributed by atoms with Gasteiger partial charge in [-0.2, -0.15) is 0 Å². The number of Topliss-reactive ketones (excluding diaryl/α,β-unsaturated/α-hetero) is 2. The lowest BCUT2D eigenvalue weighted by molar-refractivity contribution is -0.121. The predicted molar refractivity (Wildman–Crippen MR) is 149 cm³/mol. The third-order valence-corrected chi connectivity index (χ3v) is 6.57. The summed E-state index contributed by atoms with van der Waals surface area (Å²) < 4.78 is 29.6. The van der Waals surface area contributed by atoms with Crippen LogP contribution in [0.4, 0.5) is 0 Å². The highest BCUT2D eigenvalue weighted by Crippen LogP contribution is 2.34. The Morgan fingerprint density at radius 2 is 1.69 bits per heavy atom. The van der Waals surface area contributed by atoms with E-state index in [9.17, 15) is 24.3 Å². The van der Waals surface area contributed by atoms with E-state index in [0.29, 0.717) is 5.56 Å². The summed E-state index contributed by atoms with van der Waals surface area (Å²) in [5.41, 5.74) is 0.961. The van der Waals surface area contributed by atoms with Crippen LogP contribution in [0.5, 0.6) is 5.75 Å². The lowest BCUT2D eigenvalue weighted by Crippen LogP contribution is -2.32. The van der Waals surface area contributed by atoms with Crippen LogP contribution in [0, 0.1) is 0 Å². The van der Waals surface area contributed by atoms with Crippen molar-refractivity contribution in [2.24, 2.45) is 0 Å². The molecular weight excluding hydrogens is 518 g/mol. The highest BCUT2D eigenvalue weighted by atomic mass is 35.5. The number of ether oxygens (including phenoxy) is 1. The zero-order valence-corrected chi connectivity index (χ0v) is 21.6. The van der Waals surface area contributed by atoms with Crippen molar-refractivity contribution in [1.82, 2.24) is 4.57 Å². The van der Waals surface area contributed by atoms with Gasteiger partial charge in [0.15, 0.2) is 11.6 Å². The molecule has 4 rings (SSSR count). The lowest BCUT2D eigenvalue weighted by atomic mass is 9.95. The van der Waals surface area contributed by atoms with Crippen molar-refractivity contribution in [3.63, 3.8) is 0 Å². The van der Waals surface area contributed by atoms with Gasteiger partial charge in [-0.25, -0.2) is 4.79 Å². The van der Waals surface area contributed by atoms with Crippen LogP contribution < -0.4 is 10.3 Å². The standard InChI is InChI=1S/C31H26ClNO6/c1-19(34)24-13-12-23(32)16-25(24)26-17-30(36)33(18-29(26)39-2)27(14-20-6-4-3-5-7-20)28(35)15-21-8-10-22(11-9-21)31(37)38/h3-13,16-18,27H,14-15H2,1-2H3,(H,37,38)/t27-/m1/s1/i1D3. The van der Waals surface area contributed by atoms with Crippen molar-refractivity contribution in [2.75, 3.05) is 7.11 Å². The van der Waals surface area contributed by atoms with Crippen molar-refractivity contribution in [2.45, 2.75) is 25.7 Å². The number of aromatic carboxylic acids is 1. The molecule has 0 aliphatic heterocycles. The van der Waals surface area contributed by atoms with E-state index < -0.39 is 30.2 Å². The number of methoxy groups -OCH3 is 1. The van der Waals surface area contributed by atoms with E-state index in [0.717, 1.165) is 5.56 Å². The summed E-state index contributed by atoms with van der Waals surface area (Å²) in [4.78, 5) is 51.3. The number of carbonyl (C=O) groups is 3. The zero-order chi connectivity index (χ0) is 30.6. The first-order valence-electron chi connectivity index (χ1n) is 13.4. The van der Waals surface area contributed by atoms with Crippen molar-refractivity contribution < 1.29 is 28.3 Å². The SMILES string of the molecule is [2H]C([2H])([2H])C(=O)c1ccc(Cl)cc1-c1cc(=O)n([C@H](Cc2ccccc2)C(=O)Cc2ccc(C(=O)O)cc2)cc1OC. The third kappa shape index (κ3) is 6.33. The second-order valence-corrected chi connectivity index (χ2v) is 9.31. The summed E-state index contributed by atoms with van der Waals surface area (Å²) in [5.74, 6) is -2.39. The molecule has 4 aromatic rings. The van der Waals surface area contributed by atoms with Crippen LogP contribution in [-0.4, -0.2) is 34.3 Å². The van der Waals surface area contributed by atoms with E-state index in [-0.39, 0.29) is 51.7 Å². The molecule has 0 saturated heterocycles. The smallest absolute Gasteiger partial charge is 0.335 e. The Hall–Kier alpha value is -4.49. The molecule has 0 unspecified atom stereocenters. The maximum atomic E-state index is 13.7. The van der Waals surface area contributed by atoms with Gasteiger partial charge in [0.25, 0.3) is 5.56 Å². The number of halogens is 1. The minimum atomic E-state index is -2.93. The van der Waals surface area contributed by atoms with Gasteiger partial charge in [0.2, 0.25) is 0 Å². The monoisotopic (exact) mass is 546 g/mol. The van der Waals surface area contributed by atoms with Crippen LogP contribution in [0.15, 0.2) is 89.9 Å². The third-order valence-electron chi connectivity index (χ3n) is 6.34. The molecule has 1 heterocycles. The molecule has 0 amide bonds. The Morgan fingerprint density at radius 3 is 2.33 bits per heavy atom. The normalized spacial score (nSPS) is 13.0. The Kier molecular flexibility index (Phi) is 7.22. The number of aromatic nitrogens is 1. The van der Waals surface area contributed by atoms with E-state index in [1.54, 1.807) is 12.1 Å². The van der Waals surface area contributed by atoms with Gasteiger partial charge in [0, 0.05) is 39.2 Å². The number of pyridine rings is 1. The summed E-state index contributed by atoms with van der Waals surface area (Å²) in [6, 6.07) is 19.3. The van der Waals surface area contributed by atoms with Crippen molar-refractivity contribution in [3.05, 3.63) is 123 Å². The first-order chi connectivity index (χ1) is 19.9. The lowest BCUT2D eigenvalue weighted by Gasteiger charge is -2.21. The molecule has 39 heavy (non-hydrogen) atoms. The number of benzene rings is 3. The number of hydrogen-bond donors (Lipinski definition) is 1. The second kappa shape index (κ2) is 11.9. The van der Waals surface area contributed by atoms with Gasteiger partial charge in [-0.3, -0.25) is 14.4 Å². The summed E-state index contributed by atoms with van der Waals surface area (Å²) in [6.07, 6.45) is 1.47. The fraction of sp³-hybridized carbons (Fsp3) is 0.161. The fourth-order valence-corrected chi connectivity index (χ4v) is 4.54. The molecule has 1 aromatic heterocycles. The topological polar surface area (TPSA) is 103 Å². The van der Waals surface area contributed by atoms with E-state index in [4.69, 9.17) is 20.5 Å². The number of rotatable bonds is 10. The van der Waals surface area contributed by atoms with Crippen LogP contribution in [0.25, 0.3) is 11.1 Å². The number of carboxylic acids is 1. The summed E-state index contributed by atoms with van der Waals surface area (Å²) in [7, 11) is 1.35. The predicted octanol–water partition coefficient (Wildman–Crippen LogP) is 5.67. The Morgan fingerprint density at radius 1 is 0.974 bits per heavy atom. The number of hydrogen-bond acceptors (Lipinski definition) is 5. The number of carboxylic acid groups (broad SMARTS) is 1. The van der Waals surface area contributed by atoms with Gasteiger partial charge in [0.1, 0.15) is 5.75 Å². The van der Waals surface area contributed by atoms with Gasteiger partial charge in [-0.05, 0) is 53.9 Å². The second-order valence-electron chi connectivity index (χ2n) is 8.87. The Labute approximate surface area is 234 Å². The van der Waals surface area contributed by atoms with Crippen LogP contribution in [0.1, 0.15) is 48.8 Å². The summed E-state index contributed by atoms with van der Waals surface area (Å²) in [6.45, 7) is -2.93. The first-order valence-corrected chi connectivity index (χ1v) is 12.3. The van der Waals surface area contributed by atoms with E-state index in [1.165, 1.54) is 54.3 Å². The molecule has 0 radical (unpaired) electrons. The summed E-state index contributed by atoms with van der Waals surface area (Å²) >= 11 is 6.19. The minimum absolute atomic E-state index is 0.0700. The van der Waals surface area contributed by atoms with Crippen LogP contribution in [0.2, 0.25) is 5.02 Å². The quantitative estimate of drug-likeness (QED) is 0.257. The maximum absolute atomic E-state index is 13.7. The molecule has 7 nitrogen and oxygen atoms in total. The Balaban J connectivity index is 1.81. The minimum Gasteiger partial charge on any atom is -0.495 e. The van der Waals surface area contributed by atoms with Gasteiger partial charge in [-0.15, -0.1) is 0 Å². The maximum Gasteiger partial charge on any atom is 0.335 e. The molecule has 1 atom stereocenters. The molecular formula is C31H26ClNO6. The molecule has 198 valence electrons. The molecule has 0 saturated carbocycles. The highest BCUT2D eigenvalue weighted by Gasteiger charge is 2.25. The molecule has 0 aliphatic rings. The number of carbonyl (C=O) groups excluding carboxylic acids is 2. The van der Waals surface area contributed by atoms with Crippen molar-refractivity contribution >= 4 is 29.1 Å². The van der Waals surface area contributed by atoms with Crippen LogP contribution in [0.3, 0.4) is 0 Å². The summed E-state index contributed by atoms with van der Waals surface area (Å²) in [5, 5.41) is 9.39. The molecule has 0 fully saturated rings. The van der Waals surface area contributed by atoms with Gasteiger partial charge in [0.05, 0.1) is 24.9 Å². The van der Waals surface area contributed by atoms with E-state index >= 15 is 0 Å². The highest BCUT2D eigenvalue weighted by molar-refractivity contribution is 6.31. The largest absolute Gasteiger partial charge is 0.495 e. The van der Waals surface area contributed by atoms with Crippen LogP contribution in [-0.2, 0) is 17.6 Å². The molecule has 0 spiro atoms. The molecule has 0 aliphatic carbocycles. The van der Waals surface area contributed by atoms with Crippen molar-refractivity contribution in [1.29, 1.82) is 0 Å².